The third kappa shape index (κ3) is 2.96. The predicted molar refractivity (Wildman–Crippen MR) is 83.6 cm³/mol. The molecule has 2 aromatic rings. The summed E-state index contributed by atoms with van der Waals surface area (Å²) in [5, 5.41) is 12.5. The van der Waals surface area contributed by atoms with Crippen molar-refractivity contribution in [2.24, 2.45) is 14.1 Å². The average molecular weight is 340 g/mol. The second-order valence-corrected chi connectivity index (χ2v) is 5.78. The first-order valence-corrected chi connectivity index (χ1v) is 7.81. The van der Waals surface area contributed by atoms with Crippen LogP contribution < -0.4 is 5.32 Å². The van der Waals surface area contributed by atoms with Gasteiger partial charge >= 0.3 is 0 Å². The lowest BCUT2D eigenvalue weighted by Crippen LogP contribution is -2.27. The molecule has 5 nitrogen and oxygen atoms in total. The maximum atomic E-state index is 4.56. The predicted octanol–water partition coefficient (Wildman–Crippen LogP) is 2.57. The number of hydrogen-bond donors (Lipinski definition) is 1. The Hall–Kier alpha value is -1.14. The van der Waals surface area contributed by atoms with Gasteiger partial charge in [-0.3, -0.25) is 9.36 Å². The average Bonchev–Trinajstić information content (AvgIpc) is 2.96. The fourth-order valence-electron chi connectivity index (χ4n) is 2.36. The standard InChI is InChI=1S/C14H22BrN5/c1-5-7-16-13(14-11(15)9-17-20(14)4)12-8-10(6-2)18-19(12)3/h8-9,13,16H,5-7H2,1-4H3. The minimum absolute atomic E-state index is 0.0922. The summed E-state index contributed by atoms with van der Waals surface area (Å²) >= 11 is 3.60. The van der Waals surface area contributed by atoms with Gasteiger partial charge in [-0.1, -0.05) is 13.8 Å². The third-order valence-electron chi connectivity index (χ3n) is 3.43. The Bertz CT molecular complexity index is 553. The van der Waals surface area contributed by atoms with Crippen molar-refractivity contribution in [3.8, 4) is 0 Å². The minimum atomic E-state index is 0.0922. The van der Waals surface area contributed by atoms with Gasteiger partial charge in [-0.05, 0) is 41.4 Å². The van der Waals surface area contributed by atoms with E-state index in [1.54, 1.807) is 0 Å². The van der Waals surface area contributed by atoms with E-state index in [0.29, 0.717) is 0 Å². The van der Waals surface area contributed by atoms with Crippen LogP contribution in [-0.2, 0) is 20.5 Å². The lowest BCUT2D eigenvalue weighted by atomic mass is 10.1. The zero-order valence-electron chi connectivity index (χ0n) is 12.5. The summed E-state index contributed by atoms with van der Waals surface area (Å²) < 4.78 is 4.90. The quantitative estimate of drug-likeness (QED) is 0.879. The highest BCUT2D eigenvalue weighted by atomic mass is 79.9. The molecular weight excluding hydrogens is 318 g/mol. The number of nitrogens with zero attached hydrogens (tertiary/aromatic N) is 4. The van der Waals surface area contributed by atoms with E-state index in [1.807, 2.05) is 29.7 Å². The molecule has 110 valence electrons. The number of aryl methyl sites for hydroxylation is 3. The molecule has 0 aliphatic rings. The Morgan fingerprint density at radius 1 is 1.30 bits per heavy atom. The van der Waals surface area contributed by atoms with E-state index < -0.39 is 0 Å². The molecule has 0 fully saturated rings. The second-order valence-electron chi connectivity index (χ2n) is 4.93. The van der Waals surface area contributed by atoms with Crippen molar-refractivity contribution in [3.63, 3.8) is 0 Å². The smallest absolute Gasteiger partial charge is 0.0930 e. The van der Waals surface area contributed by atoms with E-state index >= 15 is 0 Å². The first kappa shape index (κ1) is 15.3. The minimum Gasteiger partial charge on any atom is -0.304 e. The molecule has 2 rings (SSSR count). The SMILES string of the molecule is CCCNC(c1cc(CC)nn1C)c1c(Br)cnn1C. The zero-order chi connectivity index (χ0) is 14.7. The Kier molecular flexibility index (Phi) is 4.99. The van der Waals surface area contributed by atoms with Crippen molar-refractivity contribution in [2.45, 2.75) is 32.7 Å². The summed E-state index contributed by atoms with van der Waals surface area (Å²) in [6.07, 6.45) is 3.87. The molecule has 6 heteroatoms. The van der Waals surface area contributed by atoms with E-state index in [9.17, 15) is 0 Å². The van der Waals surface area contributed by atoms with E-state index in [-0.39, 0.29) is 6.04 Å². The Labute approximate surface area is 128 Å². The van der Waals surface area contributed by atoms with E-state index in [4.69, 9.17) is 0 Å². The summed E-state index contributed by atoms with van der Waals surface area (Å²) in [5.74, 6) is 0. The summed E-state index contributed by atoms with van der Waals surface area (Å²) in [6, 6.07) is 2.27. The van der Waals surface area contributed by atoms with Crippen molar-refractivity contribution in [3.05, 3.63) is 33.8 Å². The van der Waals surface area contributed by atoms with Crippen LogP contribution >= 0.6 is 15.9 Å². The van der Waals surface area contributed by atoms with Crippen molar-refractivity contribution in [1.82, 2.24) is 24.9 Å². The van der Waals surface area contributed by atoms with Gasteiger partial charge in [0.2, 0.25) is 0 Å². The van der Waals surface area contributed by atoms with Gasteiger partial charge in [0.05, 0.1) is 33.8 Å². The van der Waals surface area contributed by atoms with Crippen molar-refractivity contribution in [1.29, 1.82) is 0 Å². The van der Waals surface area contributed by atoms with Crippen LogP contribution in [0.15, 0.2) is 16.7 Å². The fourth-order valence-corrected chi connectivity index (χ4v) is 2.94. The molecule has 0 aromatic carbocycles. The molecule has 1 unspecified atom stereocenters. The molecular formula is C14H22BrN5. The van der Waals surface area contributed by atoms with Crippen LogP contribution in [0.3, 0.4) is 0 Å². The number of hydrogen-bond acceptors (Lipinski definition) is 3. The van der Waals surface area contributed by atoms with Gasteiger partial charge in [0.1, 0.15) is 0 Å². The number of rotatable bonds is 6. The molecule has 0 aliphatic heterocycles. The Balaban J connectivity index is 2.44. The molecule has 1 atom stereocenters. The van der Waals surface area contributed by atoms with Crippen LogP contribution in [-0.4, -0.2) is 26.1 Å². The summed E-state index contributed by atoms with van der Waals surface area (Å²) in [5.41, 5.74) is 3.41. The summed E-state index contributed by atoms with van der Waals surface area (Å²) in [7, 11) is 3.97. The van der Waals surface area contributed by atoms with Gasteiger partial charge in [0.15, 0.2) is 0 Å². The van der Waals surface area contributed by atoms with E-state index in [2.05, 4.69) is 51.4 Å². The topological polar surface area (TPSA) is 47.7 Å². The highest BCUT2D eigenvalue weighted by Crippen LogP contribution is 2.28. The molecule has 1 N–H and O–H groups in total. The first-order valence-electron chi connectivity index (χ1n) is 7.02. The molecule has 20 heavy (non-hydrogen) atoms. The van der Waals surface area contributed by atoms with Gasteiger partial charge < -0.3 is 5.32 Å². The highest BCUT2D eigenvalue weighted by Gasteiger charge is 2.23. The van der Waals surface area contributed by atoms with Crippen molar-refractivity contribution >= 4 is 15.9 Å². The summed E-state index contributed by atoms with van der Waals surface area (Å²) in [6.45, 7) is 5.25. The van der Waals surface area contributed by atoms with Crippen LogP contribution in [0.4, 0.5) is 0 Å². The molecule has 0 amide bonds. The number of aromatic nitrogens is 4. The highest BCUT2D eigenvalue weighted by molar-refractivity contribution is 9.10. The molecule has 0 aliphatic carbocycles. The van der Waals surface area contributed by atoms with E-state index in [1.165, 1.54) is 5.69 Å². The zero-order valence-corrected chi connectivity index (χ0v) is 14.1. The Morgan fingerprint density at radius 3 is 2.55 bits per heavy atom. The van der Waals surface area contributed by atoms with E-state index in [0.717, 1.165) is 35.2 Å². The summed E-state index contributed by atoms with van der Waals surface area (Å²) in [4.78, 5) is 0. The molecule has 0 radical (unpaired) electrons. The van der Waals surface area contributed by atoms with Crippen LogP contribution in [0.2, 0.25) is 0 Å². The Morgan fingerprint density at radius 2 is 2.05 bits per heavy atom. The molecule has 2 heterocycles. The fraction of sp³-hybridized carbons (Fsp3) is 0.571. The lowest BCUT2D eigenvalue weighted by Gasteiger charge is -2.19. The van der Waals surface area contributed by atoms with Crippen molar-refractivity contribution < 1.29 is 0 Å². The molecule has 2 aromatic heterocycles. The van der Waals surface area contributed by atoms with Gasteiger partial charge in [0.25, 0.3) is 0 Å². The monoisotopic (exact) mass is 339 g/mol. The maximum Gasteiger partial charge on any atom is 0.0930 e. The second kappa shape index (κ2) is 6.54. The largest absolute Gasteiger partial charge is 0.304 e. The lowest BCUT2D eigenvalue weighted by molar-refractivity contribution is 0.518. The molecule has 0 spiro atoms. The van der Waals surface area contributed by atoms with Crippen LogP contribution in [0.5, 0.6) is 0 Å². The maximum absolute atomic E-state index is 4.56. The van der Waals surface area contributed by atoms with Gasteiger partial charge in [0, 0.05) is 14.1 Å². The van der Waals surface area contributed by atoms with Gasteiger partial charge in [-0.2, -0.15) is 10.2 Å². The first-order chi connectivity index (χ1) is 9.58. The number of halogens is 1. The molecule has 0 saturated carbocycles. The third-order valence-corrected chi connectivity index (χ3v) is 4.05. The van der Waals surface area contributed by atoms with Gasteiger partial charge in [-0.15, -0.1) is 0 Å². The van der Waals surface area contributed by atoms with Crippen LogP contribution in [0.25, 0.3) is 0 Å². The number of nitrogens with one attached hydrogen (secondary N) is 1. The molecule has 0 bridgehead atoms. The normalized spacial score (nSPS) is 12.8. The van der Waals surface area contributed by atoms with Crippen LogP contribution in [0.1, 0.15) is 43.4 Å². The van der Waals surface area contributed by atoms with Crippen molar-refractivity contribution in [2.75, 3.05) is 6.54 Å². The molecule has 0 saturated heterocycles. The van der Waals surface area contributed by atoms with Crippen LogP contribution in [0, 0.1) is 0 Å². The van der Waals surface area contributed by atoms with Gasteiger partial charge in [-0.25, -0.2) is 0 Å².